The van der Waals surface area contributed by atoms with Gasteiger partial charge in [-0.1, -0.05) is 31.5 Å². The summed E-state index contributed by atoms with van der Waals surface area (Å²) in [5.41, 5.74) is 1.20. The Bertz CT molecular complexity index is 245. The van der Waals surface area contributed by atoms with Crippen molar-refractivity contribution in [1.29, 1.82) is 0 Å². The molecule has 1 nitrogen and oxygen atoms in total. The standard InChI is InChI=1S/C9H11OP/c1-2-5-8-6-3-4-7-9(8)11-10/h3-4,6-7H,2,5H2,1H3. The van der Waals surface area contributed by atoms with Crippen LogP contribution in [0.3, 0.4) is 0 Å². The molecule has 58 valence electrons. The molecule has 0 heterocycles. The zero-order valence-electron chi connectivity index (χ0n) is 6.58. The van der Waals surface area contributed by atoms with E-state index in [0.29, 0.717) is 0 Å². The van der Waals surface area contributed by atoms with Gasteiger partial charge < -0.3 is 0 Å². The maximum absolute atomic E-state index is 10.6. The summed E-state index contributed by atoms with van der Waals surface area (Å²) < 4.78 is 10.6. The first-order valence-corrected chi connectivity index (χ1v) is 4.61. The number of hydrogen-bond donors (Lipinski definition) is 0. The molecule has 0 bridgehead atoms. The van der Waals surface area contributed by atoms with Gasteiger partial charge in [0.1, 0.15) is 0 Å². The molecule has 0 fully saturated rings. The van der Waals surface area contributed by atoms with E-state index in [9.17, 15) is 4.57 Å². The van der Waals surface area contributed by atoms with Crippen LogP contribution in [0, 0.1) is 0 Å². The molecule has 1 aromatic rings. The molecule has 0 saturated heterocycles. The van der Waals surface area contributed by atoms with Gasteiger partial charge in [0.2, 0.25) is 0 Å². The van der Waals surface area contributed by atoms with Gasteiger partial charge in [-0.15, -0.1) is 0 Å². The fourth-order valence-corrected chi connectivity index (χ4v) is 1.53. The van der Waals surface area contributed by atoms with Gasteiger partial charge in [-0.05, 0) is 18.1 Å². The van der Waals surface area contributed by atoms with Crippen LogP contribution in [-0.4, -0.2) is 0 Å². The van der Waals surface area contributed by atoms with Crippen LogP contribution in [0.15, 0.2) is 24.3 Å². The summed E-state index contributed by atoms with van der Waals surface area (Å²) in [7, 11) is 0.137. The molecule has 0 aromatic heterocycles. The summed E-state index contributed by atoms with van der Waals surface area (Å²) in [4.78, 5) is 0. The van der Waals surface area contributed by atoms with Crippen LogP contribution in [-0.2, 0) is 11.0 Å². The van der Waals surface area contributed by atoms with Gasteiger partial charge in [0.25, 0.3) is 0 Å². The molecule has 0 atom stereocenters. The van der Waals surface area contributed by atoms with E-state index < -0.39 is 0 Å². The van der Waals surface area contributed by atoms with Gasteiger partial charge in [-0.25, -0.2) is 0 Å². The van der Waals surface area contributed by atoms with Crippen LogP contribution < -0.4 is 5.30 Å². The quantitative estimate of drug-likeness (QED) is 0.630. The number of aryl methyl sites for hydroxylation is 1. The van der Waals surface area contributed by atoms with E-state index in [-0.39, 0.29) is 8.46 Å². The van der Waals surface area contributed by atoms with E-state index in [1.165, 1.54) is 5.56 Å². The molecule has 2 heteroatoms. The Morgan fingerprint density at radius 1 is 1.36 bits per heavy atom. The van der Waals surface area contributed by atoms with E-state index in [2.05, 4.69) is 6.92 Å². The van der Waals surface area contributed by atoms with Crippen LogP contribution in [0.5, 0.6) is 0 Å². The minimum absolute atomic E-state index is 0.137. The Morgan fingerprint density at radius 2 is 2.09 bits per heavy atom. The number of rotatable bonds is 3. The number of hydrogen-bond acceptors (Lipinski definition) is 1. The fourth-order valence-electron chi connectivity index (χ4n) is 1.08. The predicted molar refractivity (Wildman–Crippen MR) is 47.7 cm³/mol. The third kappa shape index (κ3) is 2.13. The largest absolute Gasteiger partial charge is 0.269 e. The molecule has 0 aliphatic rings. The Hall–Kier alpha value is -0.680. The molecule has 0 amide bonds. The SMILES string of the molecule is CCCc1ccccc1P=O. The Morgan fingerprint density at radius 3 is 2.73 bits per heavy atom. The average molecular weight is 166 g/mol. The topological polar surface area (TPSA) is 17.1 Å². The van der Waals surface area contributed by atoms with Crippen LogP contribution >= 0.6 is 8.46 Å². The minimum Gasteiger partial charge on any atom is -0.269 e. The van der Waals surface area contributed by atoms with Crippen LogP contribution in [0.4, 0.5) is 0 Å². The lowest BCUT2D eigenvalue weighted by Gasteiger charge is -1.99. The molecule has 0 N–H and O–H groups in total. The molecule has 0 unspecified atom stereocenters. The summed E-state index contributed by atoms with van der Waals surface area (Å²) in [5.74, 6) is 0. The third-order valence-electron chi connectivity index (χ3n) is 1.61. The first-order chi connectivity index (χ1) is 5.38. The maximum Gasteiger partial charge on any atom is 0.192 e. The summed E-state index contributed by atoms with van der Waals surface area (Å²) >= 11 is 0. The lowest BCUT2D eigenvalue weighted by Crippen LogP contribution is -2.00. The van der Waals surface area contributed by atoms with Crippen molar-refractivity contribution >= 4 is 13.8 Å². The maximum atomic E-state index is 10.6. The monoisotopic (exact) mass is 166 g/mol. The van der Waals surface area contributed by atoms with E-state index in [0.717, 1.165) is 18.1 Å². The molecule has 0 aliphatic heterocycles. The molecular weight excluding hydrogens is 155 g/mol. The Labute approximate surface area is 68.6 Å². The van der Waals surface area contributed by atoms with Crippen molar-refractivity contribution in [2.24, 2.45) is 0 Å². The lowest BCUT2D eigenvalue weighted by molar-refractivity contribution is 0.603. The Kier molecular flexibility index (Phi) is 3.25. The zero-order chi connectivity index (χ0) is 8.10. The Balaban J connectivity index is 2.92. The van der Waals surface area contributed by atoms with Gasteiger partial charge >= 0.3 is 0 Å². The second-order valence-electron chi connectivity index (χ2n) is 2.47. The van der Waals surface area contributed by atoms with Crippen molar-refractivity contribution in [2.45, 2.75) is 19.8 Å². The van der Waals surface area contributed by atoms with Crippen molar-refractivity contribution in [3.8, 4) is 0 Å². The van der Waals surface area contributed by atoms with Gasteiger partial charge in [0, 0.05) is 5.30 Å². The van der Waals surface area contributed by atoms with E-state index in [4.69, 9.17) is 0 Å². The van der Waals surface area contributed by atoms with Gasteiger partial charge in [0.15, 0.2) is 8.46 Å². The van der Waals surface area contributed by atoms with Crippen LogP contribution in [0.2, 0.25) is 0 Å². The normalized spacial score (nSPS) is 10.3. The van der Waals surface area contributed by atoms with Crippen molar-refractivity contribution in [3.05, 3.63) is 29.8 Å². The molecule has 11 heavy (non-hydrogen) atoms. The highest BCUT2D eigenvalue weighted by atomic mass is 31.1. The first-order valence-electron chi connectivity index (χ1n) is 3.79. The molecule has 0 aliphatic carbocycles. The van der Waals surface area contributed by atoms with Crippen molar-refractivity contribution in [1.82, 2.24) is 0 Å². The number of benzene rings is 1. The van der Waals surface area contributed by atoms with Gasteiger partial charge in [-0.2, -0.15) is 0 Å². The highest BCUT2D eigenvalue weighted by Gasteiger charge is 1.98. The highest BCUT2D eigenvalue weighted by molar-refractivity contribution is 7.34. The van der Waals surface area contributed by atoms with Crippen molar-refractivity contribution in [2.75, 3.05) is 0 Å². The van der Waals surface area contributed by atoms with Gasteiger partial charge in [0.05, 0.1) is 0 Å². The lowest BCUT2D eigenvalue weighted by atomic mass is 10.1. The zero-order valence-corrected chi connectivity index (χ0v) is 7.47. The molecule has 0 radical (unpaired) electrons. The van der Waals surface area contributed by atoms with Crippen LogP contribution in [0.25, 0.3) is 0 Å². The summed E-state index contributed by atoms with van der Waals surface area (Å²) in [6.07, 6.45) is 2.12. The summed E-state index contributed by atoms with van der Waals surface area (Å²) in [5, 5.41) is 0.925. The highest BCUT2D eigenvalue weighted by Crippen LogP contribution is 2.05. The van der Waals surface area contributed by atoms with Gasteiger partial charge in [-0.3, -0.25) is 4.57 Å². The molecule has 1 aromatic carbocycles. The second-order valence-corrected chi connectivity index (χ2v) is 3.13. The second kappa shape index (κ2) is 4.25. The summed E-state index contributed by atoms with van der Waals surface area (Å²) in [6, 6.07) is 7.84. The van der Waals surface area contributed by atoms with E-state index in [1.54, 1.807) is 0 Å². The van der Waals surface area contributed by atoms with E-state index in [1.807, 2.05) is 24.3 Å². The van der Waals surface area contributed by atoms with Crippen molar-refractivity contribution < 1.29 is 4.57 Å². The molecule has 0 spiro atoms. The predicted octanol–water partition coefficient (Wildman–Crippen LogP) is 2.56. The minimum atomic E-state index is 0.137. The van der Waals surface area contributed by atoms with Crippen LogP contribution in [0.1, 0.15) is 18.9 Å². The molecular formula is C9H11OP. The van der Waals surface area contributed by atoms with Crippen molar-refractivity contribution in [3.63, 3.8) is 0 Å². The molecule has 1 rings (SSSR count). The summed E-state index contributed by atoms with van der Waals surface area (Å²) in [6.45, 7) is 2.12. The molecule has 0 saturated carbocycles. The average Bonchev–Trinajstić information content (AvgIpc) is 2.06. The smallest absolute Gasteiger partial charge is 0.192 e. The third-order valence-corrected chi connectivity index (χ3v) is 2.24. The first kappa shape index (κ1) is 8.42. The van der Waals surface area contributed by atoms with E-state index >= 15 is 0 Å². The fraction of sp³-hybridized carbons (Fsp3) is 0.333.